The van der Waals surface area contributed by atoms with E-state index in [0.29, 0.717) is 28.3 Å². The molecule has 3 aromatic rings. The van der Waals surface area contributed by atoms with E-state index in [9.17, 15) is 14.0 Å². The van der Waals surface area contributed by atoms with Gasteiger partial charge in [-0.15, -0.1) is 0 Å². The van der Waals surface area contributed by atoms with Crippen molar-refractivity contribution in [3.05, 3.63) is 76.6 Å². The van der Waals surface area contributed by atoms with E-state index in [2.05, 4.69) is 31.5 Å². The van der Waals surface area contributed by atoms with Crippen molar-refractivity contribution in [2.24, 2.45) is 0 Å². The van der Waals surface area contributed by atoms with Gasteiger partial charge in [0, 0.05) is 11.9 Å². The molecule has 0 aliphatic rings. The molecule has 0 aliphatic carbocycles. The summed E-state index contributed by atoms with van der Waals surface area (Å²) in [6, 6.07) is 13.9. The van der Waals surface area contributed by atoms with Crippen LogP contribution in [-0.4, -0.2) is 29.9 Å². The Morgan fingerprint density at radius 1 is 1.13 bits per heavy atom. The summed E-state index contributed by atoms with van der Waals surface area (Å²) in [7, 11) is 0. The minimum absolute atomic E-state index is 0.0271. The van der Waals surface area contributed by atoms with E-state index in [1.165, 1.54) is 30.5 Å². The maximum absolute atomic E-state index is 13.3. The molecular formula is C22H19BrFN3O4. The molecule has 0 saturated carbocycles. The molecule has 0 unspecified atom stereocenters. The van der Waals surface area contributed by atoms with E-state index in [1.54, 1.807) is 30.3 Å². The highest BCUT2D eigenvalue weighted by molar-refractivity contribution is 9.10. The topological polar surface area (TPSA) is 89.6 Å². The Bertz CT molecular complexity index is 1080. The third-order valence-electron chi connectivity index (χ3n) is 3.97. The molecule has 0 saturated heterocycles. The summed E-state index contributed by atoms with van der Waals surface area (Å²) in [6.07, 6.45) is 1.46. The number of benzene rings is 2. The fourth-order valence-electron chi connectivity index (χ4n) is 2.57. The van der Waals surface area contributed by atoms with E-state index >= 15 is 0 Å². The number of halogens is 2. The van der Waals surface area contributed by atoms with Crippen LogP contribution >= 0.6 is 15.9 Å². The van der Waals surface area contributed by atoms with Crippen LogP contribution in [0.5, 0.6) is 17.4 Å². The molecule has 31 heavy (non-hydrogen) atoms. The second kappa shape index (κ2) is 10.5. The van der Waals surface area contributed by atoms with Gasteiger partial charge < -0.3 is 20.1 Å². The molecule has 0 bridgehead atoms. The van der Waals surface area contributed by atoms with Gasteiger partial charge in [0.2, 0.25) is 11.8 Å². The standard InChI is InChI=1S/C22H19BrFN3O4/c1-2-30-16-8-6-15(7-9-16)27-20(28)13-26-21(29)17-4-3-11-25-22(17)31-19-10-5-14(24)12-18(19)23/h3-12H,2,13H2,1H3,(H,26,29)(H,27,28). The number of aromatic nitrogens is 1. The van der Waals surface area contributed by atoms with Crippen molar-refractivity contribution < 1.29 is 23.5 Å². The van der Waals surface area contributed by atoms with E-state index < -0.39 is 17.6 Å². The third kappa shape index (κ3) is 6.26. The van der Waals surface area contributed by atoms with Crippen molar-refractivity contribution in [3.8, 4) is 17.4 Å². The summed E-state index contributed by atoms with van der Waals surface area (Å²) >= 11 is 3.21. The Balaban J connectivity index is 1.61. The molecule has 0 fully saturated rings. The number of nitrogens with one attached hydrogen (secondary N) is 2. The van der Waals surface area contributed by atoms with E-state index in [0.717, 1.165) is 0 Å². The Morgan fingerprint density at radius 2 is 1.90 bits per heavy atom. The first-order valence-electron chi connectivity index (χ1n) is 9.35. The van der Waals surface area contributed by atoms with Crippen LogP contribution in [0.3, 0.4) is 0 Å². The van der Waals surface area contributed by atoms with E-state index in [-0.39, 0.29) is 18.0 Å². The molecule has 2 amide bonds. The average molecular weight is 488 g/mol. The number of carbonyl (C=O) groups excluding carboxylic acids is 2. The van der Waals surface area contributed by atoms with Gasteiger partial charge in [-0.25, -0.2) is 9.37 Å². The number of anilines is 1. The molecular weight excluding hydrogens is 469 g/mol. The highest BCUT2D eigenvalue weighted by Crippen LogP contribution is 2.30. The molecule has 2 N–H and O–H groups in total. The second-order valence-corrected chi connectivity index (χ2v) is 7.08. The van der Waals surface area contributed by atoms with Crippen molar-refractivity contribution in [2.45, 2.75) is 6.92 Å². The van der Waals surface area contributed by atoms with Gasteiger partial charge in [0.15, 0.2) is 0 Å². The monoisotopic (exact) mass is 487 g/mol. The Morgan fingerprint density at radius 3 is 2.61 bits per heavy atom. The maximum atomic E-state index is 13.3. The van der Waals surface area contributed by atoms with Gasteiger partial charge in [-0.3, -0.25) is 9.59 Å². The maximum Gasteiger partial charge on any atom is 0.257 e. The summed E-state index contributed by atoms with van der Waals surface area (Å²) in [5.41, 5.74) is 0.710. The molecule has 160 valence electrons. The summed E-state index contributed by atoms with van der Waals surface area (Å²) in [6.45, 7) is 2.19. The number of rotatable bonds is 8. The minimum atomic E-state index is -0.539. The summed E-state index contributed by atoms with van der Waals surface area (Å²) in [5.74, 6) is -0.350. The van der Waals surface area contributed by atoms with Crippen molar-refractivity contribution in [3.63, 3.8) is 0 Å². The van der Waals surface area contributed by atoms with Crippen molar-refractivity contribution in [1.29, 1.82) is 0 Å². The molecule has 7 nitrogen and oxygen atoms in total. The first kappa shape index (κ1) is 22.2. The highest BCUT2D eigenvalue weighted by Gasteiger charge is 2.16. The zero-order chi connectivity index (χ0) is 22.2. The van der Waals surface area contributed by atoms with E-state index in [4.69, 9.17) is 9.47 Å². The molecule has 0 atom stereocenters. The van der Waals surface area contributed by atoms with Crippen LogP contribution < -0.4 is 20.1 Å². The zero-order valence-corrected chi connectivity index (χ0v) is 18.1. The number of hydrogen-bond acceptors (Lipinski definition) is 5. The van der Waals surface area contributed by atoms with E-state index in [1.807, 2.05) is 6.92 Å². The smallest absolute Gasteiger partial charge is 0.257 e. The number of pyridine rings is 1. The van der Waals surface area contributed by atoms with Crippen LogP contribution in [-0.2, 0) is 4.79 Å². The predicted molar refractivity (Wildman–Crippen MR) is 117 cm³/mol. The van der Waals surface area contributed by atoms with Crippen LogP contribution in [0.1, 0.15) is 17.3 Å². The Labute approximate surface area is 186 Å². The van der Waals surface area contributed by atoms with Gasteiger partial charge in [0.1, 0.15) is 22.9 Å². The van der Waals surface area contributed by atoms with Gasteiger partial charge in [-0.05, 0) is 77.5 Å². The number of hydrogen-bond donors (Lipinski definition) is 2. The van der Waals surface area contributed by atoms with Crippen LogP contribution in [0.4, 0.5) is 10.1 Å². The molecule has 1 heterocycles. The van der Waals surface area contributed by atoms with Gasteiger partial charge >= 0.3 is 0 Å². The Hall–Kier alpha value is -3.46. The fourth-order valence-corrected chi connectivity index (χ4v) is 3.00. The number of nitrogens with zero attached hydrogens (tertiary/aromatic N) is 1. The molecule has 0 radical (unpaired) electrons. The van der Waals surface area contributed by atoms with Crippen LogP contribution in [0.2, 0.25) is 0 Å². The third-order valence-corrected chi connectivity index (χ3v) is 4.59. The van der Waals surface area contributed by atoms with Crippen molar-refractivity contribution in [1.82, 2.24) is 10.3 Å². The highest BCUT2D eigenvalue weighted by atomic mass is 79.9. The lowest BCUT2D eigenvalue weighted by atomic mass is 10.2. The van der Waals surface area contributed by atoms with Gasteiger partial charge in [-0.2, -0.15) is 0 Å². The van der Waals surface area contributed by atoms with Crippen LogP contribution in [0, 0.1) is 5.82 Å². The zero-order valence-electron chi connectivity index (χ0n) is 16.5. The second-order valence-electron chi connectivity index (χ2n) is 6.22. The predicted octanol–water partition coefficient (Wildman–Crippen LogP) is 4.54. The lowest BCUT2D eigenvalue weighted by molar-refractivity contribution is -0.115. The lowest BCUT2D eigenvalue weighted by Crippen LogP contribution is -2.33. The number of amides is 2. The molecule has 3 rings (SSSR count). The van der Waals surface area contributed by atoms with Gasteiger partial charge in [0.25, 0.3) is 5.91 Å². The molecule has 2 aromatic carbocycles. The fraction of sp³-hybridized carbons (Fsp3) is 0.136. The number of ether oxygens (including phenoxy) is 2. The SMILES string of the molecule is CCOc1ccc(NC(=O)CNC(=O)c2cccnc2Oc2ccc(F)cc2Br)cc1. The molecule has 1 aromatic heterocycles. The average Bonchev–Trinajstić information content (AvgIpc) is 2.76. The summed E-state index contributed by atoms with van der Waals surface area (Å²) in [4.78, 5) is 28.8. The molecule has 0 aliphatic heterocycles. The van der Waals surface area contributed by atoms with Crippen LogP contribution in [0.25, 0.3) is 0 Å². The quantitative estimate of drug-likeness (QED) is 0.486. The first-order valence-corrected chi connectivity index (χ1v) is 10.1. The van der Waals surface area contributed by atoms with Gasteiger partial charge in [0.05, 0.1) is 17.6 Å². The first-order chi connectivity index (χ1) is 15.0. The van der Waals surface area contributed by atoms with Crippen molar-refractivity contribution >= 4 is 33.4 Å². The lowest BCUT2D eigenvalue weighted by Gasteiger charge is -2.12. The van der Waals surface area contributed by atoms with Crippen molar-refractivity contribution in [2.75, 3.05) is 18.5 Å². The van der Waals surface area contributed by atoms with Crippen LogP contribution in [0.15, 0.2) is 65.3 Å². The number of carbonyl (C=O) groups is 2. The summed E-state index contributed by atoms with van der Waals surface area (Å²) in [5, 5.41) is 5.22. The minimum Gasteiger partial charge on any atom is -0.494 e. The summed E-state index contributed by atoms with van der Waals surface area (Å²) < 4.78 is 24.6. The normalized spacial score (nSPS) is 10.3. The largest absolute Gasteiger partial charge is 0.494 e. The molecule has 0 spiro atoms. The van der Waals surface area contributed by atoms with Gasteiger partial charge in [-0.1, -0.05) is 0 Å². The molecule has 9 heteroatoms. The Kier molecular flexibility index (Phi) is 7.55.